The topological polar surface area (TPSA) is 95.9 Å². The van der Waals surface area contributed by atoms with E-state index >= 15 is 0 Å². The quantitative estimate of drug-likeness (QED) is 0.0320. The summed E-state index contributed by atoms with van der Waals surface area (Å²) in [6, 6.07) is -0.544. The molecular weight excluding hydrogens is 983 g/mol. The summed E-state index contributed by atoms with van der Waals surface area (Å²) in [6.07, 6.45) is 89.2. The molecule has 472 valence electrons. The van der Waals surface area contributed by atoms with Crippen LogP contribution in [0, 0.1) is 0 Å². The first-order valence-corrected chi connectivity index (χ1v) is 36.2. The Hall–Kier alpha value is -1.92. The lowest BCUT2D eigenvalue weighted by Gasteiger charge is -2.22. The number of unbranched alkanes of at least 4 members (excludes halogenated alkanes) is 51. The second-order valence-corrected chi connectivity index (χ2v) is 24.9. The molecule has 3 N–H and O–H groups in total. The molecular formula is C74H141NO5. The molecule has 0 aromatic carbocycles. The van der Waals surface area contributed by atoms with E-state index in [1.54, 1.807) is 0 Å². The molecule has 0 heterocycles. The van der Waals surface area contributed by atoms with E-state index in [9.17, 15) is 19.8 Å². The van der Waals surface area contributed by atoms with Crippen molar-refractivity contribution in [3.8, 4) is 0 Å². The van der Waals surface area contributed by atoms with Crippen LogP contribution >= 0.6 is 0 Å². The van der Waals surface area contributed by atoms with Crippen molar-refractivity contribution in [1.29, 1.82) is 0 Å². The van der Waals surface area contributed by atoms with E-state index in [0.717, 1.165) is 51.4 Å². The van der Waals surface area contributed by atoms with Gasteiger partial charge in [0.15, 0.2) is 0 Å². The van der Waals surface area contributed by atoms with Crippen molar-refractivity contribution in [2.45, 2.75) is 411 Å². The Morgan fingerprint density at radius 2 is 0.637 bits per heavy atom. The second-order valence-electron chi connectivity index (χ2n) is 24.9. The van der Waals surface area contributed by atoms with Crippen LogP contribution in [0.15, 0.2) is 36.5 Å². The largest absolute Gasteiger partial charge is 0.466 e. The highest BCUT2D eigenvalue weighted by atomic mass is 16.5. The average molecular weight is 1120 g/mol. The Kier molecular flexibility index (Phi) is 67.9. The van der Waals surface area contributed by atoms with Crippen molar-refractivity contribution in [3.63, 3.8) is 0 Å². The van der Waals surface area contributed by atoms with Crippen LogP contribution in [0.1, 0.15) is 399 Å². The summed E-state index contributed by atoms with van der Waals surface area (Å²) in [5, 5.41) is 23.4. The molecule has 2 atom stereocenters. The molecule has 1 amide bonds. The Morgan fingerprint density at radius 1 is 0.350 bits per heavy atom. The minimum Gasteiger partial charge on any atom is -0.466 e. The number of hydrogen-bond acceptors (Lipinski definition) is 5. The van der Waals surface area contributed by atoms with Gasteiger partial charge >= 0.3 is 5.97 Å². The SMILES string of the molecule is CCCC/C=C\CCCCCCCC(=O)OCCCCCCCCCCC/C=C\C/C=C\CCCCCCCCCCCCCCCC(=O)NC(CO)C(O)CCCCCCCCCCCCCCCCCCCCCCCCC. The number of allylic oxidation sites excluding steroid dienone is 6. The van der Waals surface area contributed by atoms with Crippen LogP contribution in [0.5, 0.6) is 0 Å². The predicted molar refractivity (Wildman–Crippen MR) is 352 cm³/mol. The molecule has 6 heteroatoms. The smallest absolute Gasteiger partial charge is 0.305 e. The first-order valence-electron chi connectivity index (χ1n) is 36.2. The maximum Gasteiger partial charge on any atom is 0.305 e. The highest BCUT2D eigenvalue weighted by Crippen LogP contribution is 2.19. The van der Waals surface area contributed by atoms with E-state index < -0.39 is 12.1 Å². The van der Waals surface area contributed by atoms with Gasteiger partial charge in [-0.05, 0) is 77.0 Å². The van der Waals surface area contributed by atoms with Gasteiger partial charge in [-0.1, -0.05) is 346 Å². The minimum atomic E-state index is -0.667. The number of amides is 1. The molecule has 0 radical (unpaired) electrons. The van der Waals surface area contributed by atoms with Crippen molar-refractivity contribution in [2.75, 3.05) is 13.2 Å². The third kappa shape index (κ3) is 65.2. The van der Waals surface area contributed by atoms with E-state index in [4.69, 9.17) is 4.74 Å². The van der Waals surface area contributed by atoms with E-state index in [1.807, 2.05) is 0 Å². The Bertz CT molecular complexity index is 1300. The maximum absolute atomic E-state index is 12.6. The average Bonchev–Trinajstić information content (AvgIpc) is 3.46. The van der Waals surface area contributed by atoms with Gasteiger partial charge in [-0.25, -0.2) is 0 Å². The van der Waals surface area contributed by atoms with Gasteiger partial charge in [0.05, 0.1) is 25.4 Å². The van der Waals surface area contributed by atoms with E-state index in [-0.39, 0.29) is 18.5 Å². The molecule has 0 aromatic rings. The monoisotopic (exact) mass is 1120 g/mol. The zero-order valence-corrected chi connectivity index (χ0v) is 54.1. The molecule has 2 unspecified atom stereocenters. The fourth-order valence-electron chi connectivity index (χ4n) is 11.4. The summed E-state index contributed by atoms with van der Waals surface area (Å²) >= 11 is 0. The third-order valence-electron chi connectivity index (χ3n) is 16.9. The highest BCUT2D eigenvalue weighted by molar-refractivity contribution is 5.76. The van der Waals surface area contributed by atoms with Crippen LogP contribution in [0.25, 0.3) is 0 Å². The molecule has 0 aliphatic carbocycles. The Labute approximate surface area is 500 Å². The number of aliphatic hydroxyl groups is 2. The second kappa shape index (κ2) is 69.6. The minimum absolute atomic E-state index is 0.00131. The molecule has 0 aliphatic rings. The van der Waals surface area contributed by atoms with Crippen LogP contribution in [0.3, 0.4) is 0 Å². The van der Waals surface area contributed by atoms with Gasteiger partial charge in [0.1, 0.15) is 0 Å². The molecule has 80 heavy (non-hydrogen) atoms. The summed E-state index contributed by atoms with van der Waals surface area (Å²) in [5.74, 6) is -0.0302. The molecule has 6 nitrogen and oxygen atoms in total. The van der Waals surface area contributed by atoms with Crippen LogP contribution in [0.4, 0.5) is 0 Å². The zero-order chi connectivity index (χ0) is 57.8. The van der Waals surface area contributed by atoms with E-state index in [0.29, 0.717) is 25.9 Å². The Balaban J connectivity index is 3.41. The molecule has 0 fully saturated rings. The van der Waals surface area contributed by atoms with E-state index in [1.165, 1.54) is 315 Å². The number of nitrogens with one attached hydrogen (secondary N) is 1. The summed E-state index contributed by atoms with van der Waals surface area (Å²) in [4.78, 5) is 24.6. The van der Waals surface area contributed by atoms with Crippen molar-refractivity contribution in [3.05, 3.63) is 36.5 Å². The van der Waals surface area contributed by atoms with Gasteiger partial charge in [-0.15, -0.1) is 0 Å². The number of hydrogen-bond donors (Lipinski definition) is 3. The summed E-state index contributed by atoms with van der Waals surface area (Å²) in [7, 11) is 0. The van der Waals surface area contributed by atoms with Crippen molar-refractivity contribution < 1.29 is 24.5 Å². The molecule has 0 saturated heterocycles. The normalized spacial score (nSPS) is 12.7. The van der Waals surface area contributed by atoms with Crippen molar-refractivity contribution >= 4 is 11.9 Å². The van der Waals surface area contributed by atoms with Crippen LogP contribution in [-0.4, -0.2) is 47.4 Å². The van der Waals surface area contributed by atoms with E-state index in [2.05, 4.69) is 55.6 Å². The van der Waals surface area contributed by atoms with Gasteiger partial charge in [0, 0.05) is 12.8 Å². The summed E-state index contributed by atoms with van der Waals surface area (Å²) in [6.45, 7) is 4.94. The predicted octanol–water partition coefficient (Wildman–Crippen LogP) is 23.5. The molecule has 0 aliphatic heterocycles. The molecule has 0 aromatic heterocycles. The summed E-state index contributed by atoms with van der Waals surface area (Å²) in [5.41, 5.74) is 0. The lowest BCUT2D eigenvalue weighted by molar-refractivity contribution is -0.143. The standard InChI is InChI=1S/C74H141NO5/c1-3-5-7-9-11-13-15-16-17-18-19-20-28-31-34-37-40-43-47-50-54-58-62-66-72(77)71(70-76)75-73(78)67-63-59-55-51-48-44-41-38-35-32-29-26-24-22-21-23-25-27-30-33-36-39-42-45-49-53-57-61-65-69-80-74(79)68-64-60-56-52-46-14-12-10-8-6-4-2/h10,12,21,23,27,30,71-72,76-77H,3-9,11,13-20,22,24-26,28-29,31-70H2,1-2H3,(H,75,78)/b12-10-,23-21-,30-27-. The number of ether oxygens (including phenoxy) is 1. The van der Waals surface area contributed by atoms with Crippen LogP contribution in [0.2, 0.25) is 0 Å². The summed E-state index contributed by atoms with van der Waals surface area (Å²) < 4.78 is 5.46. The van der Waals surface area contributed by atoms with Gasteiger partial charge in [0.25, 0.3) is 0 Å². The highest BCUT2D eigenvalue weighted by Gasteiger charge is 2.20. The molecule has 0 bridgehead atoms. The first kappa shape index (κ1) is 78.1. The van der Waals surface area contributed by atoms with Gasteiger partial charge < -0.3 is 20.3 Å². The lowest BCUT2D eigenvalue weighted by Crippen LogP contribution is -2.45. The van der Waals surface area contributed by atoms with Gasteiger partial charge in [-0.3, -0.25) is 9.59 Å². The number of carbonyl (C=O) groups is 2. The van der Waals surface area contributed by atoms with Crippen molar-refractivity contribution in [2.24, 2.45) is 0 Å². The lowest BCUT2D eigenvalue weighted by atomic mass is 10.0. The first-order chi connectivity index (χ1) is 39.5. The number of carbonyl (C=O) groups excluding carboxylic acids is 2. The van der Waals surface area contributed by atoms with Gasteiger partial charge in [-0.2, -0.15) is 0 Å². The third-order valence-corrected chi connectivity index (χ3v) is 16.9. The fourth-order valence-corrected chi connectivity index (χ4v) is 11.4. The van der Waals surface area contributed by atoms with Crippen LogP contribution < -0.4 is 5.32 Å². The maximum atomic E-state index is 12.6. The molecule has 0 spiro atoms. The molecule has 0 rings (SSSR count). The molecule has 0 saturated carbocycles. The number of aliphatic hydroxyl groups excluding tert-OH is 2. The zero-order valence-electron chi connectivity index (χ0n) is 54.1. The number of rotatable bonds is 68. The fraction of sp³-hybridized carbons (Fsp3) is 0.892. The Morgan fingerprint density at radius 3 is 1.00 bits per heavy atom. The van der Waals surface area contributed by atoms with Gasteiger partial charge in [0.2, 0.25) is 5.91 Å². The number of esters is 1. The van der Waals surface area contributed by atoms with Crippen molar-refractivity contribution in [1.82, 2.24) is 5.32 Å². The van der Waals surface area contributed by atoms with Crippen LogP contribution in [-0.2, 0) is 14.3 Å².